The summed E-state index contributed by atoms with van der Waals surface area (Å²) in [6.45, 7) is 7.86. The molecule has 0 fully saturated rings. The van der Waals surface area contributed by atoms with E-state index in [1.165, 1.54) is 0 Å². The number of nitrogens with zero attached hydrogens (tertiary/aromatic N) is 3. The van der Waals surface area contributed by atoms with Gasteiger partial charge in [0.05, 0.1) is 12.6 Å². The molecular formula is C14H25N3O3. The number of hydrogen-bond acceptors (Lipinski definition) is 5. The molecule has 1 atom stereocenters. The highest BCUT2D eigenvalue weighted by Crippen LogP contribution is 2.19. The SMILES string of the molecule is CC(CO)N(C)C(=O)CCCc1nc(C(C)(C)C)no1. The number of aliphatic hydroxyl groups is 1. The third kappa shape index (κ3) is 4.59. The third-order valence-electron chi connectivity index (χ3n) is 3.24. The second-order valence-corrected chi connectivity index (χ2v) is 6.15. The summed E-state index contributed by atoms with van der Waals surface area (Å²) in [7, 11) is 1.70. The van der Waals surface area contributed by atoms with E-state index in [4.69, 9.17) is 9.63 Å². The van der Waals surface area contributed by atoms with Crippen LogP contribution >= 0.6 is 0 Å². The van der Waals surface area contributed by atoms with E-state index in [2.05, 4.69) is 10.1 Å². The predicted octanol–water partition coefficient (Wildman–Crippen LogP) is 1.53. The van der Waals surface area contributed by atoms with E-state index >= 15 is 0 Å². The van der Waals surface area contributed by atoms with Gasteiger partial charge in [-0.2, -0.15) is 4.98 Å². The highest BCUT2D eigenvalue weighted by Gasteiger charge is 2.21. The van der Waals surface area contributed by atoms with Crippen molar-refractivity contribution in [2.75, 3.05) is 13.7 Å². The van der Waals surface area contributed by atoms with Gasteiger partial charge in [0.2, 0.25) is 11.8 Å². The molecule has 6 nitrogen and oxygen atoms in total. The zero-order valence-electron chi connectivity index (χ0n) is 13.0. The lowest BCUT2D eigenvalue weighted by molar-refractivity contribution is -0.132. The van der Waals surface area contributed by atoms with Crippen LogP contribution in [-0.2, 0) is 16.6 Å². The van der Waals surface area contributed by atoms with E-state index in [9.17, 15) is 4.79 Å². The molecule has 0 saturated carbocycles. The normalized spacial score (nSPS) is 13.3. The smallest absolute Gasteiger partial charge is 0.226 e. The zero-order valence-corrected chi connectivity index (χ0v) is 13.0. The molecule has 20 heavy (non-hydrogen) atoms. The van der Waals surface area contributed by atoms with Crippen LogP contribution in [0.3, 0.4) is 0 Å². The average Bonchev–Trinajstić information content (AvgIpc) is 2.85. The van der Waals surface area contributed by atoms with Gasteiger partial charge in [-0.1, -0.05) is 25.9 Å². The first-order valence-corrected chi connectivity index (χ1v) is 6.95. The molecule has 1 N–H and O–H groups in total. The molecule has 0 aliphatic carbocycles. The Kier molecular flexibility index (Phi) is 5.68. The van der Waals surface area contributed by atoms with Crippen molar-refractivity contribution in [1.82, 2.24) is 15.0 Å². The first-order valence-electron chi connectivity index (χ1n) is 6.95. The fourth-order valence-electron chi connectivity index (χ4n) is 1.60. The Balaban J connectivity index is 2.41. The first kappa shape index (κ1) is 16.6. The van der Waals surface area contributed by atoms with Gasteiger partial charge in [-0.3, -0.25) is 4.79 Å². The predicted molar refractivity (Wildman–Crippen MR) is 75.3 cm³/mol. The Morgan fingerprint density at radius 1 is 1.45 bits per heavy atom. The van der Waals surface area contributed by atoms with Gasteiger partial charge in [0.1, 0.15) is 0 Å². The first-order chi connectivity index (χ1) is 9.25. The monoisotopic (exact) mass is 283 g/mol. The van der Waals surface area contributed by atoms with Gasteiger partial charge in [-0.15, -0.1) is 0 Å². The number of aromatic nitrogens is 2. The van der Waals surface area contributed by atoms with Crippen LogP contribution in [0.15, 0.2) is 4.52 Å². The molecule has 6 heteroatoms. The van der Waals surface area contributed by atoms with Gasteiger partial charge >= 0.3 is 0 Å². The van der Waals surface area contributed by atoms with Crippen LogP contribution < -0.4 is 0 Å². The van der Waals surface area contributed by atoms with Crippen LogP contribution in [0, 0.1) is 0 Å². The molecule has 0 bridgehead atoms. The van der Waals surface area contributed by atoms with Crippen LogP contribution in [0.5, 0.6) is 0 Å². The van der Waals surface area contributed by atoms with Crippen molar-refractivity contribution in [1.29, 1.82) is 0 Å². The second kappa shape index (κ2) is 6.83. The number of aryl methyl sites for hydroxylation is 1. The molecule has 1 unspecified atom stereocenters. The minimum absolute atomic E-state index is 0.0158. The van der Waals surface area contributed by atoms with Crippen LogP contribution in [0.4, 0.5) is 0 Å². The van der Waals surface area contributed by atoms with Crippen LogP contribution in [0.25, 0.3) is 0 Å². The van der Waals surface area contributed by atoms with Crippen molar-refractivity contribution in [2.45, 2.75) is 58.4 Å². The quantitative estimate of drug-likeness (QED) is 0.856. The highest BCUT2D eigenvalue weighted by atomic mass is 16.5. The number of carbonyl (C=O) groups excluding carboxylic acids is 1. The standard InChI is InChI=1S/C14H25N3O3/c1-10(9-18)17(5)12(19)8-6-7-11-15-13(16-20-11)14(2,3)4/h10,18H,6-9H2,1-5H3. The van der Waals surface area contributed by atoms with Crippen molar-refractivity contribution in [3.63, 3.8) is 0 Å². The van der Waals surface area contributed by atoms with Crippen LogP contribution in [0.2, 0.25) is 0 Å². The molecule has 1 aromatic rings. The Hall–Kier alpha value is -1.43. The number of likely N-dealkylation sites (N-methyl/N-ethyl adjacent to an activating group) is 1. The molecular weight excluding hydrogens is 258 g/mol. The number of aliphatic hydroxyl groups excluding tert-OH is 1. The van der Waals surface area contributed by atoms with Gasteiger partial charge in [0.25, 0.3) is 0 Å². The fourth-order valence-corrected chi connectivity index (χ4v) is 1.60. The molecule has 0 aromatic carbocycles. The lowest BCUT2D eigenvalue weighted by Crippen LogP contribution is -2.37. The number of rotatable bonds is 6. The zero-order chi connectivity index (χ0) is 15.3. The average molecular weight is 283 g/mol. The Morgan fingerprint density at radius 2 is 2.10 bits per heavy atom. The number of hydrogen-bond donors (Lipinski definition) is 1. The molecule has 0 saturated heterocycles. The maximum Gasteiger partial charge on any atom is 0.226 e. The van der Waals surface area contributed by atoms with E-state index in [1.807, 2.05) is 27.7 Å². The second-order valence-electron chi connectivity index (χ2n) is 6.15. The van der Waals surface area contributed by atoms with Gasteiger partial charge in [0.15, 0.2) is 5.82 Å². The summed E-state index contributed by atoms with van der Waals surface area (Å²) in [6, 6.07) is -0.154. The molecule has 1 amide bonds. The molecule has 1 rings (SSSR count). The Morgan fingerprint density at radius 3 is 2.60 bits per heavy atom. The Bertz CT molecular complexity index is 437. The van der Waals surface area contributed by atoms with Crippen molar-refractivity contribution < 1.29 is 14.4 Å². The summed E-state index contributed by atoms with van der Waals surface area (Å²) in [5.74, 6) is 1.27. The minimum Gasteiger partial charge on any atom is -0.394 e. The van der Waals surface area contributed by atoms with Gasteiger partial charge in [-0.05, 0) is 13.3 Å². The summed E-state index contributed by atoms with van der Waals surface area (Å²) in [4.78, 5) is 17.7. The van der Waals surface area contributed by atoms with Crippen molar-refractivity contribution in [3.05, 3.63) is 11.7 Å². The number of carbonyl (C=O) groups is 1. The van der Waals surface area contributed by atoms with Gasteiger partial charge < -0.3 is 14.5 Å². The maximum absolute atomic E-state index is 11.8. The van der Waals surface area contributed by atoms with E-state index in [1.54, 1.807) is 11.9 Å². The van der Waals surface area contributed by atoms with Crippen molar-refractivity contribution in [2.24, 2.45) is 0 Å². The molecule has 0 aliphatic rings. The van der Waals surface area contributed by atoms with Crippen LogP contribution in [0.1, 0.15) is 52.3 Å². The lowest BCUT2D eigenvalue weighted by atomic mass is 9.96. The topological polar surface area (TPSA) is 79.5 Å². The summed E-state index contributed by atoms with van der Waals surface area (Å²) >= 11 is 0. The molecule has 114 valence electrons. The highest BCUT2D eigenvalue weighted by molar-refractivity contribution is 5.76. The summed E-state index contributed by atoms with van der Waals surface area (Å²) in [5, 5.41) is 13.0. The summed E-state index contributed by atoms with van der Waals surface area (Å²) < 4.78 is 5.18. The van der Waals surface area contributed by atoms with E-state index in [-0.39, 0.29) is 24.0 Å². The molecule has 1 heterocycles. The van der Waals surface area contributed by atoms with Crippen molar-refractivity contribution >= 4 is 5.91 Å². The largest absolute Gasteiger partial charge is 0.394 e. The molecule has 1 aromatic heterocycles. The van der Waals surface area contributed by atoms with Gasteiger partial charge in [-0.25, -0.2) is 0 Å². The molecule has 0 aliphatic heterocycles. The molecule has 0 radical (unpaired) electrons. The summed E-state index contributed by atoms with van der Waals surface area (Å²) in [5.41, 5.74) is -0.131. The number of amides is 1. The fraction of sp³-hybridized carbons (Fsp3) is 0.786. The van der Waals surface area contributed by atoms with E-state index in [0.717, 1.165) is 0 Å². The summed E-state index contributed by atoms with van der Waals surface area (Å²) in [6.07, 6.45) is 1.66. The van der Waals surface area contributed by atoms with E-state index < -0.39 is 0 Å². The van der Waals surface area contributed by atoms with E-state index in [0.29, 0.717) is 31.0 Å². The maximum atomic E-state index is 11.8. The lowest BCUT2D eigenvalue weighted by Gasteiger charge is -2.22. The third-order valence-corrected chi connectivity index (χ3v) is 3.24. The van der Waals surface area contributed by atoms with Gasteiger partial charge in [0, 0.05) is 25.3 Å². The Labute approximate surface area is 120 Å². The van der Waals surface area contributed by atoms with Crippen LogP contribution in [-0.4, -0.2) is 45.8 Å². The van der Waals surface area contributed by atoms with Crippen molar-refractivity contribution in [3.8, 4) is 0 Å². The molecule has 0 spiro atoms. The minimum atomic E-state index is -0.154.